The summed E-state index contributed by atoms with van der Waals surface area (Å²) in [6.07, 6.45) is 0. The molecule has 0 heterocycles. The van der Waals surface area contributed by atoms with E-state index < -0.39 is 32.0 Å². The lowest BCUT2D eigenvalue weighted by Gasteiger charge is -2.04. The van der Waals surface area contributed by atoms with Gasteiger partial charge in [0.05, 0.1) is 4.92 Å². The van der Waals surface area contributed by atoms with E-state index in [9.17, 15) is 23.3 Å². The van der Waals surface area contributed by atoms with Crippen molar-refractivity contribution < 1.29 is 18.1 Å². The Kier molecular flexibility index (Phi) is 3.90. The number of benzene rings is 2. The van der Waals surface area contributed by atoms with Crippen molar-refractivity contribution in [3.63, 3.8) is 0 Å². The van der Waals surface area contributed by atoms with E-state index >= 15 is 0 Å². The highest BCUT2D eigenvalue weighted by Gasteiger charge is 2.24. The lowest BCUT2D eigenvalue weighted by molar-refractivity contribution is -0.387. The van der Waals surface area contributed by atoms with Gasteiger partial charge in [0.1, 0.15) is 0 Å². The normalized spacial score (nSPS) is 10.4. The average molecular weight is 291 g/mol. The van der Waals surface area contributed by atoms with Gasteiger partial charge in [-0.15, -0.1) is 0 Å². The highest BCUT2D eigenvalue weighted by Crippen LogP contribution is 2.25. The molecular weight excluding hydrogens is 282 g/mol. The van der Waals surface area contributed by atoms with Gasteiger partial charge in [-0.25, -0.2) is 8.42 Å². The largest absolute Gasteiger partial charge is 0.289 e. The Morgan fingerprint density at radius 3 is 2.20 bits per heavy atom. The molecular formula is C13H9NO5S. The molecule has 2 aromatic rings. The maximum atomic E-state index is 12.3. The van der Waals surface area contributed by atoms with Crippen molar-refractivity contribution in [2.75, 3.05) is 0 Å². The van der Waals surface area contributed by atoms with E-state index in [0.717, 1.165) is 6.07 Å². The minimum Gasteiger partial charge on any atom is -0.289 e. The molecule has 0 saturated heterocycles. The van der Waals surface area contributed by atoms with Gasteiger partial charge >= 0.3 is 0 Å². The summed E-state index contributed by atoms with van der Waals surface area (Å²) in [5, 5.41) is 10.9. The predicted molar refractivity (Wildman–Crippen MR) is 71.6 cm³/mol. The van der Waals surface area contributed by atoms with Gasteiger partial charge in [-0.3, -0.25) is 14.9 Å². The second kappa shape index (κ2) is 5.62. The second-order valence-corrected chi connectivity index (χ2v) is 4.84. The molecule has 0 unspecified atom stereocenters. The number of hydrogen-bond acceptors (Lipinski definition) is 5. The number of carbonyl (C=O) groups is 1. The Morgan fingerprint density at radius 1 is 1.00 bits per heavy atom. The fourth-order valence-electron chi connectivity index (χ4n) is 1.80. The summed E-state index contributed by atoms with van der Waals surface area (Å²) in [6, 6.07) is 11.6. The number of carbonyl (C=O) groups excluding carboxylic acids is 1. The molecule has 2 aromatic carbocycles. The van der Waals surface area contributed by atoms with Crippen LogP contribution in [0, 0.1) is 10.1 Å². The van der Waals surface area contributed by atoms with Crippen molar-refractivity contribution in [3.8, 4) is 0 Å². The SMILES string of the molecule is O=C(c1ccccc1)c1cccc([N+](=O)[O-])c1[SH](=O)=O. The van der Waals surface area contributed by atoms with Gasteiger partial charge in [0.2, 0.25) is 0 Å². The molecule has 0 aliphatic carbocycles. The first kappa shape index (κ1) is 13.9. The molecule has 0 bridgehead atoms. The molecule has 0 aliphatic heterocycles. The minimum absolute atomic E-state index is 0.193. The molecule has 102 valence electrons. The zero-order valence-electron chi connectivity index (χ0n) is 10.1. The molecule has 0 saturated carbocycles. The molecule has 0 aliphatic rings. The first-order valence-corrected chi connectivity index (χ1v) is 6.71. The van der Waals surface area contributed by atoms with Gasteiger partial charge < -0.3 is 0 Å². The number of nitro groups is 1. The Labute approximate surface area is 115 Å². The van der Waals surface area contributed by atoms with Gasteiger partial charge in [-0.1, -0.05) is 36.4 Å². The Bertz CT molecular complexity index is 745. The number of thiol groups is 1. The summed E-state index contributed by atoms with van der Waals surface area (Å²) in [4.78, 5) is 21.7. The third-order valence-electron chi connectivity index (χ3n) is 2.67. The van der Waals surface area contributed by atoms with Crippen molar-refractivity contribution >= 4 is 22.2 Å². The van der Waals surface area contributed by atoms with E-state index in [1.165, 1.54) is 24.3 Å². The Hall–Kier alpha value is -2.54. The maximum Gasteiger partial charge on any atom is 0.288 e. The monoisotopic (exact) mass is 291 g/mol. The van der Waals surface area contributed by atoms with Crippen LogP contribution in [-0.2, 0) is 10.7 Å². The van der Waals surface area contributed by atoms with E-state index in [4.69, 9.17) is 0 Å². The number of ketones is 1. The summed E-state index contributed by atoms with van der Waals surface area (Å²) >= 11 is 0. The molecule has 0 spiro atoms. The highest BCUT2D eigenvalue weighted by atomic mass is 32.2. The Morgan fingerprint density at radius 2 is 1.65 bits per heavy atom. The molecule has 0 atom stereocenters. The minimum atomic E-state index is -3.25. The highest BCUT2D eigenvalue weighted by molar-refractivity contribution is 7.72. The molecule has 0 N–H and O–H groups in total. The molecule has 20 heavy (non-hydrogen) atoms. The predicted octanol–water partition coefficient (Wildman–Crippen LogP) is 1.80. The van der Waals surface area contributed by atoms with Gasteiger partial charge in [-0.05, 0) is 6.07 Å². The molecule has 0 aromatic heterocycles. The topological polar surface area (TPSA) is 94.3 Å². The summed E-state index contributed by atoms with van der Waals surface area (Å²) in [5.74, 6) is -0.566. The summed E-state index contributed by atoms with van der Waals surface area (Å²) in [5.41, 5.74) is -0.518. The van der Waals surface area contributed by atoms with Crippen LogP contribution in [0.25, 0.3) is 0 Å². The van der Waals surface area contributed by atoms with Crippen LogP contribution in [0.5, 0.6) is 0 Å². The summed E-state index contributed by atoms with van der Waals surface area (Å²) in [7, 11) is -3.25. The van der Waals surface area contributed by atoms with Gasteiger partial charge in [-0.2, -0.15) is 0 Å². The quantitative estimate of drug-likeness (QED) is 0.401. The van der Waals surface area contributed by atoms with Crippen LogP contribution in [0.3, 0.4) is 0 Å². The average Bonchev–Trinajstić information content (AvgIpc) is 2.46. The van der Waals surface area contributed by atoms with Crippen LogP contribution in [0.1, 0.15) is 15.9 Å². The van der Waals surface area contributed by atoms with Crippen molar-refractivity contribution in [1.82, 2.24) is 0 Å². The van der Waals surface area contributed by atoms with Crippen molar-refractivity contribution in [2.45, 2.75) is 4.90 Å². The fourth-order valence-corrected chi connectivity index (χ4v) is 2.51. The smallest absolute Gasteiger partial charge is 0.288 e. The Balaban J connectivity index is 2.66. The fraction of sp³-hybridized carbons (Fsp3) is 0. The molecule has 6 nitrogen and oxygen atoms in total. The van der Waals surface area contributed by atoms with Crippen LogP contribution in [0.2, 0.25) is 0 Å². The molecule has 2 rings (SSSR count). The van der Waals surface area contributed by atoms with Crippen molar-refractivity contribution in [2.24, 2.45) is 0 Å². The van der Waals surface area contributed by atoms with Gasteiger partial charge in [0.25, 0.3) is 5.69 Å². The summed E-state index contributed by atoms with van der Waals surface area (Å²) in [6.45, 7) is 0. The first-order chi connectivity index (χ1) is 9.52. The van der Waals surface area contributed by atoms with E-state index in [2.05, 4.69) is 0 Å². The lowest BCUT2D eigenvalue weighted by Crippen LogP contribution is -2.07. The molecule has 0 amide bonds. The maximum absolute atomic E-state index is 12.3. The molecule has 0 radical (unpaired) electrons. The third-order valence-corrected chi connectivity index (χ3v) is 3.51. The number of hydrogen-bond donors (Lipinski definition) is 1. The third kappa shape index (κ3) is 2.57. The summed E-state index contributed by atoms with van der Waals surface area (Å²) < 4.78 is 22.5. The second-order valence-electron chi connectivity index (χ2n) is 3.88. The lowest BCUT2D eigenvalue weighted by atomic mass is 10.0. The van der Waals surface area contributed by atoms with Crippen LogP contribution in [-0.4, -0.2) is 19.1 Å². The standard InChI is InChI=1S/C13H9NO5S/c15-12(9-5-2-1-3-6-9)10-7-4-8-11(14(16)17)13(10)20(18)19/h1-8,20H. The van der Waals surface area contributed by atoms with E-state index in [1.807, 2.05) is 0 Å². The van der Waals surface area contributed by atoms with Crippen LogP contribution in [0.4, 0.5) is 5.69 Å². The zero-order chi connectivity index (χ0) is 14.7. The van der Waals surface area contributed by atoms with E-state index in [0.29, 0.717) is 0 Å². The number of nitrogens with zero attached hydrogens (tertiary/aromatic N) is 1. The van der Waals surface area contributed by atoms with Gasteiger partial charge in [0.15, 0.2) is 21.4 Å². The molecule has 7 heteroatoms. The zero-order valence-corrected chi connectivity index (χ0v) is 10.9. The van der Waals surface area contributed by atoms with Crippen molar-refractivity contribution in [3.05, 3.63) is 69.8 Å². The van der Waals surface area contributed by atoms with Crippen molar-refractivity contribution in [1.29, 1.82) is 0 Å². The van der Waals surface area contributed by atoms with Crippen LogP contribution in [0.15, 0.2) is 53.4 Å². The van der Waals surface area contributed by atoms with E-state index in [-0.39, 0.29) is 11.1 Å². The molecule has 0 fully saturated rings. The van der Waals surface area contributed by atoms with E-state index in [1.54, 1.807) is 18.2 Å². The number of rotatable bonds is 4. The van der Waals surface area contributed by atoms with Crippen LogP contribution >= 0.6 is 0 Å². The van der Waals surface area contributed by atoms with Crippen LogP contribution < -0.4 is 0 Å². The van der Waals surface area contributed by atoms with Gasteiger partial charge in [0, 0.05) is 17.2 Å². The first-order valence-electron chi connectivity index (χ1n) is 5.54. The number of nitro benzene ring substituents is 1.